The number of nitrogens with zero attached hydrogens (tertiary/aromatic N) is 4. The highest BCUT2D eigenvalue weighted by molar-refractivity contribution is 7.88. The number of halogens is 4. The summed E-state index contributed by atoms with van der Waals surface area (Å²) in [6, 6.07) is 4.86. The molecule has 4 rings (SSSR count). The molecule has 0 bridgehead atoms. The maximum absolute atomic E-state index is 14.4. The molecule has 32 heavy (non-hydrogen) atoms. The number of fused-ring (bicyclic) bond motifs is 1. The van der Waals surface area contributed by atoms with Gasteiger partial charge < -0.3 is 10.4 Å². The molecule has 2 N–H and O–H groups in total. The van der Waals surface area contributed by atoms with Crippen molar-refractivity contribution in [3.05, 3.63) is 47.9 Å². The van der Waals surface area contributed by atoms with Crippen molar-refractivity contribution in [3.8, 4) is 11.3 Å². The van der Waals surface area contributed by atoms with Crippen molar-refractivity contribution in [2.24, 2.45) is 0 Å². The van der Waals surface area contributed by atoms with Crippen molar-refractivity contribution in [1.82, 2.24) is 18.9 Å². The van der Waals surface area contributed by atoms with Crippen LogP contribution in [-0.2, 0) is 16.2 Å². The first-order valence-electron chi connectivity index (χ1n) is 9.55. The minimum absolute atomic E-state index is 0.0258. The zero-order valence-corrected chi connectivity index (χ0v) is 17.5. The fourth-order valence-electron chi connectivity index (χ4n) is 3.59. The molecule has 3 heterocycles. The zero-order valence-electron chi connectivity index (χ0n) is 16.7. The maximum atomic E-state index is 14.4. The second kappa shape index (κ2) is 7.98. The van der Waals surface area contributed by atoms with Crippen molar-refractivity contribution < 1.29 is 31.1 Å². The lowest BCUT2D eigenvalue weighted by Crippen LogP contribution is -2.51. The Morgan fingerprint density at radius 3 is 2.50 bits per heavy atom. The predicted octanol–water partition coefficient (Wildman–Crippen LogP) is 2.36. The van der Waals surface area contributed by atoms with Crippen LogP contribution in [0.15, 0.2) is 36.5 Å². The van der Waals surface area contributed by atoms with E-state index >= 15 is 0 Å². The molecule has 1 saturated heterocycles. The maximum Gasteiger partial charge on any atom is 0.416 e. The number of benzene rings is 1. The fourth-order valence-corrected chi connectivity index (χ4v) is 4.45. The molecule has 1 aliphatic rings. The van der Waals surface area contributed by atoms with E-state index < -0.39 is 39.7 Å². The van der Waals surface area contributed by atoms with Crippen LogP contribution in [0.3, 0.4) is 0 Å². The number of nitrogens with one attached hydrogen (secondary N) is 1. The molecule has 3 aromatic rings. The van der Waals surface area contributed by atoms with Gasteiger partial charge in [0.05, 0.1) is 35.9 Å². The number of rotatable bonds is 4. The summed E-state index contributed by atoms with van der Waals surface area (Å²) in [6.45, 7) is 0.110. The second-order valence-corrected chi connectivity index (χ2v) is 9.54. The lowest BCUT2D eigenvalue weighted by Gasteiger charge is -2.34. The van der Waals surface area contributed by atoms with Gasteiger partial charge in [0.1, 0.15) is 5.52 Å². The number of aromatic nitrogens is 3. The average molecular weight is 473 g/mol. The number of hydrogen-bond acceptors (Lipinski definition) is 6. The quantitative estimate of drug-likeness (QED) is 0.565. The van der Waals surface area contributed by atoms with Gasteiger partial charge >= 0.3 is 6.18 Å². The lowest BCUT2D eigenvalue weighted by molar-refractivity contribution is -0.137. The van der Waals surface area contributed by atoms with Gasteiger partial charge in [0.15, 0.2) is 5.82 Å². The molecule has 0 spiro atoms. The largest absolute Gasteiger partial charge is 0.416 e. The van der Waals surface area contributed by atoms with Gasteiger partial charge in [0, 0.05) is 24.7 Å². The summed E-state index contributed by atoms with van der Waals surface area (Å²) < 4.78 is 78.5. The summed E-state index contributed by atoms with van der Waals surface area (Å²) in [5.41, 5.74) is -0.251. The molecule has 0 aliphatic carbocycles. The normalized spacial score (nSPS) is 20.6. The van der Waals surface area contributed by atoms with Crippen LogP contribution in [0, 0.1) is 5.82 Å². The summed E-state index contributed by atoms with van der Waals surface area (Å²) >= 11 is 0. The molecule has 172 valence electrons. The minimum atomic E-state index is -4.49. The number of aliphatic hydroxyl groups excluding tert-OH is 1. The number of piperidine rings is 1. The van der Waals surface area contributed by atoms with Crippen LogP contribution in [0.5, 0.6) is 0 Å². The Balaban J connectivity index is 1.61. The van der Waals surface area contributed by atoms with Gasteiger partial charge in [0.25, 0.3) is 0 Å². The second-order valence-electron chi connectivity index (χ2n) is 7.56. The number of alkyl halides is 3. The van der Waals surface area contributed by atoms with Crippen LogP contribution in [0.25, 0.3) is 16.8 Å². The molecule has 0 radical (unpaired) electrons. The molecule has 8 nitrogen and oxygen atoms in total. The molecular weight excluding hydrogens is 454 g/mol. The summed E-state index contributed by atoms with van der Waals surface area (Å²) in [5.74, 6) is -0.592. The van der Waals surface area contributed by atoms with E-state index in [0.717, 1.165) is 24.5 Å². The van der Waals surface area contributed by atoms with Gasteiger partial charge in [-0.25, -0.2) is 22.3 Å². The first-order chi connectivity index (χ1) is 14.9. The predicted molar refractivity (Wildman–Crippen MR) is 108 cm³/mol. The van der Waals surface area contributed by atoms with Crippen molar-refractivity contribution in [2.45, 2.75) is 24.7 Å². The third-order valence-corrected chi connectivity index (χ3v) is 6.57. The van der Waals surface area contributed by atoms with E-state index in [9.17, 15) is 31.1 Å². The van der Waals surface area contributed by atoms with Crippen LogP contribution in [0.4, 0.5) is 23.5 Å². The van der Waals surface area contributed by atoms with Gasteiger partial charge in [-0.1, -0.05) is 12.1 Å². The Morgan fingerprint density at radius 2 is 1.91 bits per heavy atom. The fraction of sp³-hybridized carbons (Fsp3) is 0.368. The summed E-state index contributed by atoms with van der Waals surface area (Å²) in [4.78, 5) is 4.04. The molecule has 13 heteroatoms. The van der Waals surface area contributed by atoms with E-state index in [1.807, 2.05) is 0 Å². The monoisotopic (exact) mass is 473 g/mol. The molecule has 2 aromatic heterocycles. The van der Waals surface area contributed by atoms with E-state index in [0.29, 0.717) is 12.0 Å². The van der Waals surface area contributed by atoms with Crippen LogP contribution in [-0.4, -0.2) is 63.9 Å². The van der Waals surface area contributed by atoms with E-state index in [1.165, 1.54) is 27.2 Å². The summed E-state index contributed by atoms with van der Waals surface area (Å²) in [7, 11) is -3.43. The first kappa shape index (κ1) is 22.4. The minimum Gasteiger partial charge on any atom is -0.390 e. The number of sulfonamides is 1. The number of β-amino-alcohol motifs (C(OH)–C–C–N with tert-alkyl or cyclic N) is 1. The SMILES string of the molecule is CS(=O)(=O)N1CC[C@@H](Nc2ncc3c(F)cc(-c4ccc(C(F)(F)F)cc4)n3n2)[C@H](O)C1. The standard InChI is InChI=1S/C19H19F4N5O3S/c1-32(30,31)27-7-6-14(17(29)10-27)25-18-24-9-16-13(20)8-15(28(16)26-18)11-2-4-12(5-3-11)19(21,22)23/h2-5,8-9,14,17,29H,6-7,10H2,1H3,(H,25,26)/t14-,17-/m1/s1. The smallest absolute Gasteiger partial charge is 0.390 e. The molecule has 1 aliphatic heterocycles. The van der Waals surface area contributed by atoms with Gasteiger partial charge in [-0.2, -0.15) is 17.5 Å². The Hall–Kier alpha value is -2.77. The van der Waals surface area contributed by atoms with Gasteiger partial charge in [-0.05, 0) is 18.6 Å². The molecule has 2 atom stereocenters. The van der Waals surface area contributed by atoms with Crippen molar-refractivity contribution in [1.29, 1.82) is 0 Å². The van der Waals surface area contributed by atoms with Crippen LogP contribution < -0.4 is 5.32 Å². The van der Waals surface area contributed by atoms with Crippen molar-refractivity contribution in [2.75, 3.05) is 24.7 Å². The van der Waals surface area contributed by atoms with E-state index in [-0.39, 0.29) is 30.2 Å². The Bertz CT molecular complexity index is 1240. The Morgan fingerprint density at radius 1 is 1.22 bits per heavy atom. The molecule has 0 saturated carbocycles. The van der Waals surface area contributed by atoms with Crippen LogP contribution in [0.1, 0.15) is 12.0 Å². The van der Waals surface area contributed by atoms with Gasteiger partial charge in [-0.3, -0.25) is 0 Å². The topological polar surface area (TPSA) is 99.8 Å². The van der Waals surface area contributed by atoms with E-state index in [4.69, 9.17) is 0 Å². The highest BCUT2D eigenvalue weighted by Gasteiger charge is 2.33. The third-order valence-electron chi connectivity index (χ3n) is 5.30. The highest BCUT2D eigenvalue weighted by Crippen LogP contribution is 2.32. The Labute approximate surface area is 180 Å². The highest BCUT2D eigenvalue weighted by atomic mass is 32.2. The van der Waals surface area contributed by atoms with Gasteiger partial charge in [0.2, 0.25) is 16.0 Å². The Kier molecular flexibility index (Phi) is 5.59. The van der Waals surface area contributed by atoms with Crippen molar-refractivity contribution in [3.63, 3.8) is 0 Å². The lowest BCUT2D eigenvalue weighted by atomic mass is 10.0. The van der Waals surface area contributed by atoms with Crippen molar-refractivity contribution >= 4 is 21.5 Å². The first-order valence-corrected chi connectivity index (χ1v) is 11.4. The van der Waals surface area contributed by atoms with E-state index in [1.54, 1.807) is 0 Å². The molecule has 0 amide bonds. The molecular formula is C19H19F4N5O3S. The molecule has 1 aromatic carbocycles. The molecule has 1 fully saturated rings. The third kappa shape index (κ3) is 4.40. The molecule has 0 unspecified atom stereocenters. The van der Waals surface area contributed by atoms with Crippen LogP contribution >= 0.6 is 0 Å². The summed E-state index contributed by atoms with van der Waals surface area (Å²) in [6.07, 6.45) is -2.93. The number of aliphatic hydroxyl groups is 1. The van der Waals surface area contributed by atoms with Gasteiger partial charge in [-0.15, -0.1) is 5.10 Å². The summed E-state index contributed by atoms with van der Waals surface area (Å²) in [5, 5.41) is 17.5. The number of hydrogen-bond donors (Lipinski definition) is 2. The van der Waals surface area contributed by atoms with E-state index in [2.05, 4.69) is 15.4 Å². The average Bonchev–Trinajstić information content (AvgIpc) is 3.04. The van der Waals surface area contributed by atoms with Crippen LogP contribution in [0.2, 0.25) is 0 Å². The zero-order chi connectivity index (χ0) is 23.3. The number of anilines is 1.